The van der Waals surface area contributed by atoms with Gasteiger partial charge in [0.05, 0.1) is 6.54 Å². The van der Waals surface area contributed by atoms with Gasteiger partial charge in [-0.3, -0.25) is 4.79 Å². The molecule has 1 rings (SSSR count). The van der Waals surface area contributed by atoms with Crippen molar-refractivity contribution in [1.82, 2.24) is 15.5 Å². The van der Waals surface area contributed by atoms with Crippen molar-refractivity contribution in [3.63, 3.8) is 0 Å². The normalized spacial score (nSPS) is 21.2. The molecule has 1 fully saturated rings. The maximum absolute atomic E-state index is 11.7. The molecule has 0 aromatic heterocycles. The third-order valence-corrected chi connectivity index (χ3v) is 3.90. The van der Waals surface area contributed by atoms with E-state index in [4.69, 9.17) is 0 Å². The first-order valence-electron chi connectivity index (χ1n) is 7.21. The molecule has 4 heteroatoms. The highest BCUT2D eigenvalue weighted by molar-refractivity contribution is 5.78. The van der Waals surface area contributed by atoms with Gasteiger partial charge in [0.25, 0.3) is 0 Å². The minimum atomic E-state index is -0.0921. The highest BCUT2D eigenvalue weighted by atomic mass is 16.2. The van der Waals surface area contributed by atoms with Gasteiger partial charge >= 0.3 is 0 Å². The summed E-state index contributed by atoms with van der Waals surface area (Å²) in [5.74, 6) is 0.809. The molecule has 0 aromatic carbocycles. The molecule has 1 heterocycles. The molecule has 18 heavy (non-hydrogen) atoms. The fourth-order valence-electron chi connectivity index (χ4n) is 2.27. The lowest BCUT2D eigenvalue weighted by Gasteiger charge is -2.24. The Balaban J connectivity index is 2.13. The van der Waals surface area contributed by atoms with E-state index < -0.39 is 0 Å². The van der Waals surface area contributed by atoms with E-state index in [1.165, 1.54) is 19.5 Å². The lowest BCUT2D eigenvalue weighted by molar-refractivity contribution is -0.121. The van der Waals surface area contributed by atoms with Crippen LogP contribution < -0.4 is 10.6 Å². The predicted molar refractivity (Wildman–Crippen MR) is 75.6 cm³/mol. The Morgan fingerprint density at radius 2 is 2.11 bits per heavy atom. The maximum Gasteiger partial charge on any atom is 0.234 e. The molecule has 0 spiro atoms. The van der Waals surface area contributed by atoms with Crippen molar-refractivity contribution in [3.8, 4) is 0 Å². The summed E-state index contributed by atoms with van der Waals surface area (Å²) >= 11 is 0. The molecule has 0 radical (unpaired) electrons. The van der Waals surface area contributed by atoms with E-state index in [1.54, 1.807) is 0 Å². The Morgan fingerprint density at radius 1 is 1.39 bits per heavy atom. The monoisotopic (exact) mass is 255 g/mol. The second kappa shape index (κ2) is 7.10. The van der Waals surface area contributed by atoms with Gasteiger partial charge in [-0.2, -0.15) is 0 Å². The van der Waals surface area contributed by atoms with E-state index in [-0.39, 0.29) is 11.4 Å². The van der Waals surface area contributed by atoms with Crippen molar-refractivity contribution in [1.29, 1.82) is 0 Å². The predicted octanol–water partition coefficient (Wildman–Crippen LogP) is 1.22. The topological polar surface area (TPSA) is 44.4 Å². The van der Waals surface area contributed by atoms with Crippen LogP contribution in [0.15, 0.2) is 0 Å². The van der Waals surface area contributed by atoms with Gasteiger partial charge in [0.2, 0.25) is 5.91 Å². The van der Waals surface area contributed by atoms with Crippen molar-refractivity contribution in [2.45, 2.75) is 46.1 Å². The third kappa shape index (κ3) is 5.36. The number of nitrogens with one attached hydrogen (secondary N) is 2. The van der Waals surface area contributed by atoms with Gasteiger partial charge in [0.15, 0.2) is 0 Å². The molecule has 4 nitrogen and oxygen atoms in total. The molecule has 1 amide bonds. The zero-order chi connectivity index (χ0) is 13.6. The van der Waals surface area contributed by atoms with Gasteiger partial charge in [0, 0.05) is 12.1 Å². The third-order valence-electron chi connectivity index (χ3n) is 3.90. The number of likely N-dealkylation sites (tertiary alicyclic amines) is 1. The number of hydrogen-bond donors (Lipinski definition) is 2. The van der Waals surface area contributed by atoms with E-state index in [2.05, 4.69) is 43.2 Å². The van der Waals surface area contributed by atoms with E-state index in [9.17, 15) is 4.79 Å². The lowest BCUT2D eigenvalue weighted by Crippen LogP contribution is -2.47. The molecular weight excluding hydrogens is 226 g/mol. The number of rotatable bonds is 7. The first-order chi connectivity index (χ1) is 8.46. The van der Waals surface area contributed by atoms with Crippen LogP contribution in [0.5, 0.6) is 0 Å². The molecule has 1 unspecified atom stereocenters. The Morgan fingerprint density at radius 3 is 2.67 bits per heavy atom. The van der Waals surface area contributed by atoms with Crippen LogP contribution in [-0.2, 0) is 4.79 Å². The van der Waals surface area contributed by atoms with Crippen LogP contribution in [0.1, 0.15) is 40.5 Å². The number of carbonyl (C=O) groups excluding carboxylic acids is 1. The van der Waals surface area contributed by atoms with Crippen LogP contribution in [0.25, 0.3) is 0 Å². The molecule has 1 saturated heterocycles. The van der Waals surface area contributed by atoms with Crippen molar-refractivity contribution in [2.24, 2.45) is 5.92 Å². The second-order valence-corrected chi connectivity index (χ2v) is 5.96. The average molecular weight is 255 g/mol. The lowest BCUT2D eigenvalue weighted by atomic mass is 10.0. The zero-order valence-electron chi connectivity index (χ0n) is 12.4. The number of hydrogen-bond acceptors (Lipinski definition) is 3. The highest BCUT2D eigenvalue weighted by Gasteiger charge is 2.21. The summed E-state index contributed by atoms with van der Waals surface area (Å²) in [7, 11) is 0. The first kappa shape index (κ1) is 15.4. The minimum absolute atomic E-state index is 0.0921. The summed E-state index contributed by atoms with van der Waals surface area (Å²) < 4.78 is 0. The van der Waals surface area contributed by atoms with Crippen molar-refractivity contribution >= 4 is 5.91 Å². The molecule has 1 aliphatic heterocycles. The number of carbonyl (C=O) groups is 1. The van der Waals surface area contributed by atoms with Gasteiger partial charge in [0.1, 0.15) is 0 Å². The van der Waals surface area contributed by atoms with Crippen LogP contribution in [0, 0.1) is 5.92 Å². The van der Waals surface area contributed by atoms with E-state index in [0.29, 0.717) is 12.5 Å². The molecule has 106 valence electrons. The number of amides is 1. The summed E-state index contributed by atoms with van der Waals surface area (Å²) in [4.78, 5) is 14.2. The SMILES string of the molecule is CCN1CCC(CNCC(=O)NC(C)(C)CC)C1. The summed E-state index contributed by atoms with van der Waals surface area (Å²) in [5, 5.41) is 6.32. The zero-order valence-corrected chi connectivity index (χ0v) is 12.4. The van der Waals surface area contributed by atoms with Gasteiger partial charge in [-0.15, -0.1) is 0 Å². The first-order valence-corrected chi connectivity index (χ1v) is 7.21. The highest BCUT2D eigenvalue weighted by Crippen LogP contribution is 2.14. The second-order valence-electron chi connectivity index (χ2n) is 5.96. The van der Waals surface area contributed by atoms with Gasteiger partial charge in [-0.1, -0.05) is 13.8 Å². The molecule has 1 aliphatic rings. The van der Waals surface area contributed by atoms with Crippen LogP contribution in [0.2, 0.25) is 0 Å². The molecule has 0 saturated carbocycles. The van der Waals surface area contributed by atoms with Gasteiger partial charge in [-0.25, -0.2) is 0 Å². The molecule has 2 N–H and O–H groups in total. The van der Waals surface area contributed by atoms with Crippen molar-refractivity contribution in [3.05, 3.63) is 0 Å². The Labute approximate surface area is 111 Å². The Hall–Kier alpha value is -0.610. The van der Waals surface area contributed by atoms with Crippen LogP contribution in [0.4, 0.5) is 0 Å². The Kier molecular flexibility index (Phi) is 6.09. The summed E-state index contributed by atoms with van der Waals surface area (Å²) in [6.45, 7) is 13.3. The van der Waals surface area contributed by atoms with Gasteiger partial charge in [-0.05, 0) is 52.2 Å². The summed E-state index contributed by atoms with van der Waals surface area (Å²) in [5.41, 5.74) is -0.0921. The quantitative estimate of drug-likeness (QED) is 0.719. The molecule has 1 atom stereocenters. The largest absolute Gasteiger partial charge is 0.350 e. The van der Waals surface area contributed by atoms with Crippen molar-refractivity contribution < 1.29 is 4.79 Å². The smallest absolute Gasteiger partial charge is 0.234 e. The standard InChI is InChI=1S/C14H29N3O/c1-5-14(3,4)16-13(18)10-15-9-12-7-8-17(6-2)11-12/h12,15H,5-11H2,1-4H3,(H,16,18). The van der Waals surface area contributed by atoms with E-state index in [0.717, 1.165) is 19.5 Å². The van der Waals surface area contributed by atoms with Crippen LogP contribution in [0.3, 0.4) is 0 Å². The van der Waals surface area contributed by atoms with Crippen molar-refractivity contribution in [2.75, 3.05) is 32.7 Å². The molecular formula is C14H29N3O. The van der Waals surface area contributed by atoms with Gasteiger partial charge < -0.3 is 15.5 Å². The molecule has 0 aliphatic carbocycles. The van der Waals surface area contributed by atoms with E-state index >= 15 is 0 Å². The fraction of sp³-hybridized carbons (Fsp3) is 0.929. The van der Waals surface area contributed by atoms with E-state index in [1.807, 2.05) is 0 Å². The Bertz CT molecular complexity index is 266. The number of nitrogens with zero attached hydrogens (tertiary/aromatic N) is 1. The van der Waals surface area contributed by atoms with Crippen LogP contribution >= 0.6 is 0 Å². The molecule has 0 aromatic rings. The van der Waals surface area contributed by atoms with Crippen LogP contribution in [-0.4, -0.2) is 49.1 Å². The summed E-state index contributed by atoms with van der Waals surface area (Å²) in [6.07, 6.45) is 2.20. The fourth-order valence-corrected chi connectivity index (χ4v) is 2.27. The minimum Gasteiger partial charge on any atom is -0.350 e. The molecule has 0 bridgehead atoms. The summed E-state index contributed by atoms with van der Waals surface area (Å²) in [6, 6.07) is 0. The maximum atomic E-state index is 11.7. The average Bonchev–Trinajstić information content (AvgIpc) is 2.76.